The highest BCUT2D eigenvalue weighted by molar-refractivity contribution is 6.32. The Morgan fingerprint density at radius 3 is 2.25 bits per heavy atom. The SMILES string of the molecule is CC(C)Oc1ccc(-c2nn(Cc3ccc(CCc4ccccc4)cc3)c(=O)o2)cc1Cl. The van der Waals surface area contributed by atoms with Gasteiger partial charge in [-0.05, 0) is 61.6 Å². The first-order valence-electron chi connectivity index (χ1n) is 10.6. The molecule has 0 aliphatic heterocycles. The maximum atomic E-state index is 12.3. The third-order valence-corrected chi connectivity index (χ3v) is 5.34. The molecule has 4 aromatic rings. The van der Waals surface area contributed by atoms with Crippen molar-refractivity contribution in [1.29, 1.82) is 0 Å². The van der Waals surface area contributed by atoms with Crippen LogP contribution in [0.25, 0.3) is 11.5 Å². The predicted molar refractivity (Wildman–Crippen MR) is 126 cm³/mol. The van der Waals surface area contributed by atoms with E-state index in [9.17, 15) is 4.79 Å². The lowest BCUT2D eigenvalue weighted by Crippen LogP contribution is -2.16. The van der Waals surface area contributed by atoms with Gasteiger partial charge in [0, 0.05) is 5.56 Å². The molecule has 0 amide bonds. The van der Waals surface area contributed by atoms with Crippen LogP contribution in [0.15, 0.2) is 82.0 Å². The van der Waals surface area contributed by atoms with Gasteiger partial charge >= 0.3 is 5.76 Å². The summed E-state index contributed by atoms with van der Waals surface area (Å²) < 4.78 is 12.3. The first kappa shape index (κ1) is 21.9. The molecule has 0 aliphatic rings. The standard InChI is InChI=1S/C26H25ClN2O3/c1-18(2)31-24-15-14-22(16-23(24)27)25-28-29(26(30)32-25)17-21-12-10-20(11-13-21)9-8-19-6-4-3-5-7-19/h3-7,10-16,18H,8-9,17H2,1-2H3. The molecule has 0 radical (unpaired) electrons. The zero-order valence-electron chi connectivity index (χ0n) is 18.1. The molecule has 1 heterocycles. The molecule has 0 N–H and O–H groups in total. The van der Waals surface area contributed by atoms with Crippen LogP contribution >= 0.6 is 11.6 Å². The normalized spacial score (nSPS) is 11.1. The third-order valence-electron chi connectivity index (χ3n) is 5.05. The predicted octanol–water partition coefficient (Wildman–Crippen LogP) is 5.78. The zero-order chi connectivity index (χ0) is 22.5. The summed E-state index contributed by atoms with van der Waals surface area (Å²) in [5.74, 6) is 0.304. The van der Waals surface area contributed by atoms with Gasteiger partial charge in [-0.15, -0.1) is 5.10 Å². The van der Waals surface area contributed by atoms with E-state index < -0.39 is 5.76 Å². The van der Waals surface area contributed by atoms with Gasteiger partial charge in [0.1, 0.15) is 5.75 Å². The Bertz CT molecular complexity index is 1230. The molecular weight excluding hydrogens is 424 g/mol. The largest absolute Gasteiger partial charge is 0.489 e. The van der Waals surface area contributed by atoms with Gasteiger partial charge in [-0.25, -0.2) is 4.79 Å². The number of ether oxygens (including phenoxy) is 1. The maximum Gasteiger partial charge on any atom is 0.437 e. The quantitative estimate of drug-likeness (QED) is 0.343. The second kappa shape index (κ2) is 9.88. The smallest absolute Gasteiger partial charge is 0.437 e. The van der Waals surface area contributed by atoms with E-state index >= 15 is 0 Å². The minimum absolute atomic E-state index is 0.0141. The van der Waals surface area contributed by atoms with E-state index in [2.05, 4.69) is 41.5 Å². The lowest BCUT2D eigenvalue weighted by atomic mass is 10.0. The first-order chi connectivity index (χ1) is 15.5. The van der Waals surface area contributed by atoms with Crippen LogP contribution in [0.2, 0.25) is 5.02 Å². The van der Waals surface area contributed by atoms with E-state index in [1.807, 2.05) is 32.0 Å². The first-order valence-corrected chi connectivity index (χ1v) is 11.0. The molecule has 0 aliphatic carbocycles. The van der Waals surface area contributed by atoms with Crippen molar-refractivity contribution in [2.75, 3.05) is 0 Å². The number of hydrogen-bond acceptors (Lipinski definition) is 4. The summed E-state index contributed by atoms with van der Waals surface area (Å²) in [5.41, 5.74) is 4.18. The fraction of sp³-hybridized carbons (Fsp3) is 0.231. The lowest BCUT2D eigenvalue weighted by Gasteiger charge is -2.11. The van der Waals surface area contributed by atoms with Crippen LogP contribution in [0, 0.1) is 0 Å². The molecule has 6 heteroatoms. The van der Waals surface area contributed by atoms with Crippen LogP contribution in [-0.4, -0.2) is 15.9 Å². The zero-order valence-corrected chi connectivity index (χ0v) is 18.9. The summed E-state index contributed by atoms with van der Waals surface area (Å²) >= 11 is 6.30. The molecule has 164 valence electrons. The van der Waals surface area contributed by atoms with Crippen molar-refractivity contribution < 1.29 is 9.15 Å². The van der Waals surface area contributed by atoms with Gasteiger partial charge in [-0.2, -0.15) is 4.68 Å². The van der Waals surface area contributed by atoms with Gasteiger partial charge in [0.05, 0.1) is 17.7 Å². The monoisotopic (exact) mass is 448 g/mol. The molecule has 0 atom stereocenters. The molecule has 0 bridgehead atoms. The summed E-state index contributed by atoms with van der Waals surface area (Å²) in [7, 11) is 0. The van der Waals surface area contributed by atoms with Crippen molar-refractivity contribution in [3.05, 3.63) is 105 Å². The summed E-state index contributed by atoms with van der Waals surface area (Å²) in [6, 6.07) is 23.9. The van der Waals surface area contributed by atoms with Crippen molar-refractivity contribution in [3.63, 3.8) is 0 Å². The number of nitrogens with zero attached hydrogens (tertiary/aromatic N) is 2. The van der Waals surface area contributed by atoms with Crippen molar-refractivity contribution in [2.45, 2.75) is 39.3 Å². The molecule has 1 aromatic heterocycles. The molecule has 0 saturated carbocycles. The Morgan fingerprint density at radius 2 is 1.59 bits per heavy atom. The average molecular weight is 449 g/mol. The molecule has 32 heavy (non-hydrogen) atoms. The lowest BCUT2D eigenvalue weighted by molar-refractivity contribution is 0.242. The van der Waals surface area contributed by atoms with E-state index in [4.69, 9.17) is 20.8 Å². The highest BCUT2D eigenvalue weighted by Gasteiger charge is 2.13. The average Bonchev–Trinajstić information content (AvgIpc) is 3.15. The topological polar surface area (TPSA) is 57.3 Å². The minimum atomic E-state index is -0.508. The number of aryl methyl sites for hydroxylation is 2. The number of hydrogen-bond donors (Lipinski definition) is 0. The van der Waals surface area contributed by atoms with E-state index in [0.717, 1.165) is 18.4 Å². The van der Waals surface area contributed by atoms with Crippen LogP contribution in [0.5, 0.6) is 5.75 Å². The van der Waals surface area contributed by atoms with Gasteiger partial charge in [-0.3, -0.25) is 0 Å². The maximum absolute atomic E-state index is 12.3. The molecule has 3 aromatic carbocycles. The molecule has 5 nitrogen and oxygen atoms in total. The van der Waals surface area contributed by atoms with E-state index in [-0.39, 0.29) is 12.0 Å². The van der Waals surface area contributed by atoms with Gasteiger partial charge in [0.15, 0.2) is 0 Å². The molecular formula is C26H25ClN2O3. The van der Waals surface area contributed by atoms with Gasteiger partial charge < -0.3 is 9.15 Å². The Morgan fingerprint density at radius 1 is 0.938 bits per heavy atom. The highest BCUT2D eigenvalue weighted by atomic mass is 35.5. The molecule has 0 saturated heterocycles. The van der Waals surface area contributed by atoms with Crippen LogP contribution < -0.4 is 10.5 Å². The third kappa shape index (κ3) is 5.48. The van der Waals surface area contributed by atoms with Crippen molar-refractivity contribution >= 4 is 11.6 Å². The number of halogens is 1. The van der Waals surface area contributed by atoms with E-state index in [1.54, 1.807) is 18.2 Å². The summed E-state index contributed by atoms with van der Waals surface area (Å²) in [6.45, 7) is 4.20. The van der Waals surface area contributed by atoms with E-state index in [1.165, 1.54) is 15.8 Å². The van der Waals surface area contributed by atoms with Crippen molar-refractivity contribution in [3.8, 4) is 17.2 Å². The van der Waals surface area contributed by atoms with E-state index in [0.29, 0.717) is 22.9 Å². The van der Waals surface area contributed by atoms with Gasteiger partial charge in [0.25, 0.3) is 0 Å². The molecule has 0 unspecified atom stereocenters. The van der Waals surface area contributed by atoms with Crippen molar-refractivity contribution in [1.82, 2.24) is 9.78 Å². The Balaban J connectivity index is 1.43. The van der Waals surface area contributed by atoms with Crippen LogP contribution in [-0.2, 0) is 19.4 Å². The summed E-state index contributed by atoms with van der Waals surface area (Å²) in [5, 5.41) is 4.79. The molecule has 0 spiro atoms. The number of rotatable bonds is 8. The fourth-order valence-electron chi connectivity index (χ4n) is 3.42. The van der Waals surface area contributed by atoms with Gasteiger partial charge in [0.2, 0.25) is 5.89 Å². The number of benzene rings is 3. The minimum Gasteiger partial charge on any atom is -0.489 e. The summed E-state index contributed by atoms with van der Waals surface area (Å²) in [4.78, 5) is 12.3. The van der Waals surface area contributed by atoms with Crippen LogP contribution in [0.3, 0.4) is 0 Å². The Labute approximate surface area is 192 Å². The van der Waals surface area contributed by atoms with Crippen molar-refractivity contribution in [2.24, 2.45) is 0 Å². The highest BCUT2D eigenvalue weighted by Crippen LogP contribution is 2.30. The Hall–Kier alpha value is -3.31. The van der Waals surface area contributed by atoms with Gasteiger partial charge in [-0.1, -0.05) is 66.2 Å². The molecule has 4 rings (SSSR count). The second-order valence-electron chi connectivity index (χ2n) is 7.94. The number of aromatic nitrogens is 2. The molecule has 0 fully saturated rings. The van der Waals surface area contributed by atoms with Crippen LogP contribution in [0.1, 0.15) is 30.5 Å². The second-order valence-corrected chi connectivity index (χ2v) is 8.35. The fourth-order valence-corrected chi connectivity index (χ4v) is 3.65. The van der Waals surface area contributed by atoms with Crippen LogP contribution in [0.4, 0.5) is 0 Å². The summed E-state index contributed by atoms with van der Waals surface area (Å²) in [6.07, 6.45) is 1.98. The Kier molecular flexibility index (Phi) is 6.76.